The van der Waals surface area contributed by atoms with Crippen molar-refractivity contribution in [2.45, 2.75) is 0 Å². The lowest BCUT2D eigenvalue weighted by atomic mass is 10.2. The van der Waals surface area contributed by atoms with Gasteiger partial charge in [-0.3, -0.25) is 9.59 Å². The van der Waals surface area contributed by atoms with Crippen LogP contribution in [-0.4, -0.2) is 18.2 Å². The van der Waals surface area contributed by atoms with Gasteiger partial charge in [-0.2, -0.15) is 0 Å². The lowest BCUT2D eigenvalue weighted by Crippen LogP contribution is -2.21. The van der Waals surface area contributed by atoms with Crippen LogP contribution in [0.15, 0.2) is 54.6 Å². The lowest BCUT2D eigenvalue weighted by molar-refractivity contribution is 0.104. The van der Waals surface area contributed by atoms with Crippen molar-refractivity contribution < 1.29 is 18.9 Å². The Labute approximate surface area is 203 Å². The van der Waals surface area contributed by atoms with Crippen molar-refractivity contribution >= 4 is 81.5 Å². The van der Waals surface area contributed by atoms with Gasteiger partial charge in [-0.1, -0.05) is 94.4 Å². The second-order valence-corrected chi connectivity index (χ2v) is 10.7. The Morgan fingerprint density at radius 2 is 1.29 bits per heavy atom. The van der Waals surface area contributed by atoms with Gasteiger partial charge in [-0.25, -0.2) is 0 Å². The second-order valence-electron chi connectivity index (χ2n) is 6.22. The molecule has 0 radical (unpaired) electrons. The maximum Gasteiger partial charge on any atom is 0.249 e. The van der Waals surface area contributed by atoms with Crippen LogP contribution in [0.25, 0.3) is 0 Å². The van der Waals surface area contributed by atoms with E-state index in [0.29, 0.717) is 0 Å². The van der Waals surface area contributed by atoms with Gasteiger partial charge in [-0.15, -0.1) is 0 Å². The van der Waals surface area contributed by atoms with Gasteiger partial charge in [0.05, 0.1) is 43.3 Å². The van der Waals surface area contributed by atoms with Crippen molar-refractivity contribution in [1.29, 1.82) is 0 Å². The quantitative estimate of drug-likeness (QED) is 0.240. The number of carbonyl (C=O) groups excluding carboxylic acids is 2. The summed E-state index contributed by atoms with van der Waals surface area (Å²) in [4.78, 5) is 27.4. The molecule has 1 unspecified atom stereocenters. The first-order valence-corrected chi connectivity index (χ1v) is 12.1. The van der Waals surface area contributed by atoms with Crippen LogP contribution in [0.4, 0.5) is 0 Å². The molecule has 4 nitrogen and oxygen atoms in total. The van der Waals surface area contributed by atoms with Crippen LogP contribution in [0.3, 0.4) is 0 Å². The van der Waals surface area contributed by atoms with Gasteiger partial charge in [0.15, 0.2) is 0 Å². The van der Waals surface area contributed by atoms with E-state index in [0.717, 1.165) is 0 Å². The Balaban J connectivity index is 2.36. The van der Waals surface area contributed by atoms with Gasteiger partial charge in [0, 0.05) is 5.30 Å². The molecule has 1 atom stereocenters. The zero-order valence-corrected chi connectivity index (χ0v) is 20.3. The highest BCUT2D eigenvalue weighted by Crippen LogP contribution is 2.55. The Morgan fingerprint density at radius 1 is 0.742 bits per heavy atom. The predicted molar refractivity (Wildman–Crippen MR) is 127 cm³/mol. The zero-order valence-electron chi connectivity index (χ0n) is 15.7. The third-order valence-electron chi connectivity index (χ3n) is 4.43. The highest BCUT2D eigenvalue weighted by molar-refractivity contribution is 8.01. The smallest absolute Gasteiger partial charge is 0.249 e. The number of carbonyl (C=O) groups is 2. The molecule has 0 aliphatic carbocycles. The van der Waals surface area contributed by atoms with E-state index in [1.165, 1.54) is 37.4 Å². The monoisotopic (exact) mass is 534 g/mol. The van der Waals surface area contributed by atoms with Gasteiger partial charge >= 0.3 is 0 Å². The van der Waals surface area contributed by atoms with Crippen molar-refractivity contribution in [3.05, 3.63) is 90.8 Å². The summed E-state index contributed by atoms with van der Waals surface area (Å²) >= 11 is 30.8. The molecule has 0 heterocycles. The molecule has 3 aromatic carbocycles. The van der Waals surface area contributed by atoms with Crippen molar-refractivity contribution in [2.75, 3.05) is 7.11 Å². The molecular formula is C21H12Cl5O4P. The first-order valence-electron chi connectivity index (χ1n) is 8.55. The van der Waals surface area contributed by atoms with Gasteiger partial charge in [0.25, 0.3) is 0 Å². The lowest BCUT2D eigenvalue weighted by Gasteiger charge is -2.20. The summed E-state index contributed by atoms with van der Waals surface area (Å²) in [7, 11) is -3.27. The normalized spacial score (nSPS) is 12.8. The average Bonchev–Trinajstić information content (AvgIpc) is 2.77. The molecule has 0 saturated carbocycles. The number of ether oxygens (including phenoxy) is 1. The Morgan fingerprint density at radius 3 is 1.84 bits per heavy atom. The number of methoxy groups -OCH3 is 1. The predicted octanol–water partition coefficient (Wildman–Crippen LogP) is 7.63. The zero-order chi connectivity index (χ0) is 22.9. The van der Waals surface area contributed by atoms with E-state index in [1.807, 2.05) is 0 Å². The van der Waals surface area contributed by atoms with E-state index in [2.05, 4.69) is 0 Å². The average molecular weight is 537 g/mol. The summed E-state index contributed by atoms with van der Waals surface area (Å²) < 4.78 is 19.6. The van der Waals surface area contributed by atoms with Crippen molar-refractivity contribution in [3.8, 4) is 5.75 Å². The number of benzene rings is 3. The fraction of sp³-hybridized carbons (Fsp3) is 0.0476. The fourth-order valence-electron chi connectivity index (χ4n) is 2.92. The largest absolute Gasteiger partial charge is 0.496 e. The molecule has 3 rings (SSSR count). The maximum absolute atomic E-state index is 14.3. The summed E-state index contributed by atoms with van der Waals surface area (Å²) in [5.41, 5.74) is -2.76. The summed E-state index contributed by atoms with van der Waals surface area (Å²) in [6.07, 6.45) is 0. The minimum absolute atomic E-state index is 0.0322. The van der Waals surface area contributed by atoms with Gasteiger partial charge in [0.2, 0.25) is 18.2 Å². The number of hydrogen-bond acceptors (Lipinski definition) is 4. The summed E-state index contributed by atoms with van der Waals surface area (Å²) in [6, 6.07) is 13.2. The maximum atomic E-state index is 14.3. The molecule has 0 spiro atoms. The number of rotatable bonds is 6. The minimum Gasteiger partial charge on any atom is -0.496 e. The van der Waals surface area contributed by atoms with E-state index < -0.39 is 23.8 Å². The van der Waals surface area contributed by atoms with E-state index in [-0.39, 0.29) is 41.7 Å². The Bertz CT molecular complexity index is 1220. The molecule has 0 bridgehead atoms. The standard InChI is InChI=1S/C21H12Cl5O4P/c1-30-15-9-5-8-12(22)16(15)20(27)31(29,11-6-3-2-4-7-11)21(28)17-18(25)13(23)10-14(24)19(17)26/h2-10H,1H3. The molecule has 3 aromatic rings. The summed E-state index contributed by atoms with van der Waals surface area (Å²) in [5.74, 6) is 0.0581. The van der Waals surface area contributed by atoms with E-state index in [4.69, 9.17) is 62.7 Å². The highest BCUT2D eigenvalue weighted by Gasteiger charge is 2.46. The molecule has 31 heavy (non-hydrogen) atoms. The Kier molecular flexibility index (Phi) is 7.43. The van der Waals surface area contributed by atoms with E-state index in [1.54, 1.807) is 24.3 Å². The van der Waals surface area contributed by atoms with Crippen LogP contribution in [0.5, 0.6) is 5.75 Å². The second kappa shape index (κ2) is 9.54. The van der Waals surface area contributed by atoms with Gasteiger partial charge in [0.1, 0.15) is 5.75 Å². The van der Waals surface area contributed by atoms with Crippen molar-refractivity contribution in [2.24, 2.45) is 0 Å². The molecule has 0 aromatic heterocycles. The van der Waals surface area contributed by atoms with Crippen LogP contribution in [0.2, 0.25) is 25.1 Å². The molecule has 0 amide bonds. The first-order chi connectivity index (χ1) is 14.6. The van der Waals surface area contributed by atoms with Crippen LogP contribution < -0.4 is 10.0 Å². The topological polar surface area (TPSA) is 60.4 Å². The van der Waals surface area contributed by atoms with E-state index >= 15 is 0 Å². The number of hydrogen-bond donors (Lipinski definition) is 0. The van der Waals surface area contributed by atoms with Crippen LogP contribution >= 0.6 is 65.1 Å². The SMILES string of the molecule is COc1cccc(Cl)c1C(=O)P(=O)(C(=O)c1c(Cl)c(Cl)cc(Cl)c1Cl)c1ccccc1. The molecule has 0 aliphatic rings. The van der Waals surface area contributed by atoms with Gasteiger partial charge < -0.3 is 9.30 Å². The summed E-state index contributed by atoms with van der Waals surface area (Å²) in [5, 5.41) is -0.763. The van der Waals surface area contributed by atoms with Crippen LogP contribution in [0.1, 0.15) is 20.7 Å². The molecule has 0 N–H and O–H groups in total. The van der Waals surface area contributed by atoms with Crippen molar-refractivity contribution in [3.63, 3.8) is 0 Å². The molecule has 0 fully saturated rings. The molecule has 0 aliphatic heterocycles. The van der Waals surface area contributed by atoms with Crippen molar-refractivity contribution in [1.82, 2.24) is 0 Å². The molecular weight excluding hydrogens is 524 g/mol. The van der Waals surface area contributed by atoms with Crippen LogP contribution in [0, 0.1) is 0 Å². The minimum atomic E-state index is -4.59. The van der Waals surface area contributed by atoms with Crippen LogP contribution in [-0.2, 0) is 4.57 Å². The first kappa shape index (κ1) is 24.1. The molecule has 0 saturated heterocycles. The molecule has 10 heteroatoms. The third kappa shape index (κ3) is 4.26. The van der Waals surface area contributed by atoms with Gasteiger partial charge in [-0.05, 0) is 18.2 Å². The Hall–Kier alpha value is -1.52. The highest BCUT2D eigenvalue weighted by atomic mass is 35.5. The third-order valence-corrected chi connectivity index (χ3v) is 8.93. The number of halogens is 5. The fourth-order valence-corrected chi connectivity index (χ4v) is 6.68. The summed E-state index contributed by atoms with van der Waals surface area (Å²) in [6.45, 7) is 0. The molecule has 160 valence electrons. The van der Waals surface area contributed by atoms with E-state index in [9.17, 15) is 14.2 Å².